The molecule has 0 aliphatic heterocycles. The second kappa shape index (κ2) is 5.46. The summed E-state index contributed by atoms with van der Waals surface area (Å²) in [6.07, 6.45) is 2.59. The van der Waals surface area contributed by atoms with Crippen molar-refractivity contribution in [2.24, 2.45) is 0 Å². The first-order valence-electron chi connectivity index (χ1n) is 5.49. The Labute approximate surface area is 105 Å². The highest BCUT2D eigenvalue weighted by molar-refractivity contribution is 7.10. The van der Waals surface area contributed by atoms with E-state index in [2.05, 4.69) is 40.8 Å². The standard InChI is InChI=1S/C13H13N3S/c1-2-11(12-4-3-7-17-12)16-13-6-5-10(8-14)9-15-13/h3-7,9,11H,2H2,1H3,(H,15,16). The molecular formula is C13H13N3S. The fourth-order valence-electron chi connectivity index (χ4n) is 1.59. The van der Waals surface area contributed by atoms with Gasteiger partial charge >= 0.3 is 0 Å². The normalized spacial score (nSPS) is 11.8. The highest BCUT2D eigenvalue weighted by Crippen LogP contribution is 2.25. The van der Waals surface area contributed by atoms with Crippen LogP contribution in [0.25, 0.3) is 0 Å². The molecule has 17 heavy (non-hydrogen) atoms. The Bertz CT molecular complexity index is 496. The van der Waals surface area contributed by atoms with Crippen LogP contribution in [0, 0.1) is 11.3 Å². The second-order valence-corrected chi connectivity index (χ2v) is 4.64. The Hall–Kier alpha value is -1.86. The summed E-state index contributed by atoms with van der Waals surface area (Å²) in [6, 6.07) is 10.1. The van der Waals surface area contributed by atoms with Gasteiger partial charge in [0.05, 0.1) is 11.6 Å². The van der Waals surface area contributed by atoms with Gasteiger partial charge in [-0.1, -0.05) is 13.0 Å². The van der Waals surface area contributed by atoms with E-state index in [1.165, 1.54) is 4.88 Å². The molecule has 0 amide bonds. The number of anilines is 1. The van der Waals surface area contributed by atoms with Crippen LogP contribution in [0.3, 0.4) is 0 Å². The lowest BCUT2D eigenvalue weighted by Crippen LogP contribution is -2.09. The zero-order valence-electron chi connectivity index (χ0n) is 9.55. The van der Waals surface area contributed by atoms with E-state index in [0.717, 1.165) is 12.2 Å². The molecule has 4 heteroatoms. The summed E-state index contributed by atoms with van der Waals surface area (Å²) in [4.78, 5) is 5.52. The van der Waals surface area contributed by atoms with Crippen LogP contribution >= 0.6 is 11.3 Å². The van der Waals surface area contributed by atoms with Gasteiger partial charge in [0.1, 0.15) is 11.9 Å². The number of nitrogens with zero attached hydrogens (tertiary/aromatic N) is 2. The van der Waals surface area contributed by atoms with Crippen LogP contribution in [0.4, 0.5) is 5.82 Å². The van der Waals surface area contributed by atoms with Crippen LogP contribution in [0.5, 0.6) is 0 Å². The van der Waals surface area contributed by atoms with Crippen molar-refractivity contribution in [3.63, 3.8) is 0 Å². The molecule has 0 saturated carbocycles. The number of nitriles is 1. The lowest BCUT2D eigenvalue weighted by molar-refractivity contribution is 0.759. The molecule has 1 atom stereocenters. The van der Waals surface area contributed by atoms with E-state index in [0.29, 0.717) is 5.56 Å². The van der Waals surface area contributed by atoms with Crippen molar-refractivity contribution in [1.29, 1.82) is 5.26 Å². The number of hydrogen-bond donors (Lipinski definition) is 1. The molecule has 86 valence electrons. The summed E-state index contributed by atoms with van der Waals surface area (Å²) >= 11 is 1.74. The molecule has 0 aromatic carbocycles. The predicted octanol–water partition coefficient (Wildman–Crippen LogP) is 3.58. The van der Waals surface area contributed by atoms with Gasteiger partial charge in [-0.15, -0.1) is 11.3 Å². The number of rotatable bonds is 4. The maximum Gasteiger partial charge on any atom is 0.126 e. The van der Waals surface area contributed by atoms with Crippen molar-refractivity contribution in [2.75, 3.05) is 5.32 Å². The third-order valence-electron chi connectivity index (χ3n) is 2.51. The van der Waals surface area contributed by atoms with E-state index < -0.39 is 0 Å². The van der Waals surface area contributed by atoms with Crippen molar-refractivity contribution in [2.45, 2.75) is 19.4 Å². The lowest BCUT2D eigenvalue weighted by atomic mass is 10.2. The zero-order valence-corrected chi connectivity index (χ0v) is 10.4. The fraction of sp³-hybridized carbons (Fsp3) is 0.231. The van der Waals surface area contributed by atoms with Crippen molar-refractivity contribution >= 4 is 17.2 Å². The largest absolute Gasteiger partial charge is 0.362 e. The highest BCUT2D eigenvalue weighted by Gasteiger charge is 2.10. The maximum atomic E-state index is 8.70. The third kappa shape index (κ3) is 2.83. The van der Waals surface area contributed by atoms with E-state index >= 15 is 0 Å². The van der Waals surface area contributed by atoms with E-state index in [9.17, 15) is 0 Å². The van der Waals surface area contributed by atoms with Crippen LogP contribution in [0.1, 0.15) is 29.8 Å². The first-order valence-corrected chi connectivity index (χ1v) is 6.37. The molecule has 2 aromatic heterocycles. The minimum Gasteiger partial charge on any atom is -0.362 e. The van der Waals surface area contributed by atoms with Gasteiger partial charge in [-0.25, -0.2) is 4.98 Å². The SMILES string of the molecule is CCC(Nc1ccc(C#N)cn1)c1cccs1. The Morgan fingerprint density at radius 3 is 2.88 bits per heavy atom. The van der Waals surface area contributed by atoms with Crippen LogP contribution in [-0.2, 0) is 0 Å². The fourth-order valence-corrected chi connectivity index (χ4v) is 2.45. The van der Waals surface area contributed by atoms with Gasteiger partial charge in [0.15, 0.2) is 0 Å². The number of hydrogen-bond acceptors (Lipinski definition) is 4. The van der Waals surface area contributed by atoms with Gasteiger partial charge in [0.2, 0.25) is 0 Å². The molecule has 0 aliphatic rings. The minimum atomic E-state index is 0.287. The summed E-state index contributed by atoms with van der Waals surface area (Å²) in [5, 5.41) is 14.1. The molecule has 2 heterocycles. The highest BCUT2D eigenvalue weighted by atomic mass is 32.1. The van der Waals surface area contributed by atoms with Gasteiger partial charge in [0, 0.05) is 11.1 Å². The van der Waals surface area contributed by atoms with Crippen LogP contribution in [0.2, 0.25) is 0 Å². The molecule has 0 aliphatic carbocycles. The average molecular weight is 243 g/mol. The summed E-state index contributed by atoms with van der Waals surface area (Å²) in [5.74, 6) is 0.809. The van der Waals surface area contributed by atoms with Crippen LogP contribution in [0.15, 0.2) is 35.8 Å². The molecule has 3 nitrogen and oxygen atoms in total. The Morgan fingerprint density at radius 1 is 1.47 bits per heavy atom. The molecular weight excluding hydrogens is 230 g/mol. The van der Waals surface area contributed by atoms with E-state index in [-0.39, 0.29) is 6.04 Å². The summed E-state index contributed by atoms with van der Waals surface area (Å²) in [5.41, 5.74) is 0.583. The number of nitrogens with one attached hydrogen (secondary N) is 1. The first-order chi connectivity index (χ1) is 8.33. The molecule has 1 unspecified atom stereocenters. The topological polar surface area (TPSA) is 48.7 Å². The van der Waals surface area contributed by atoms with Gasteiger partial charge in [-0.3, -0.25) is 0 Å². The van der Waals surface area contributed by atoms with E-state index in [1.54, 1.807) is 23.6 Å². The van der Waals surface area contributed by atoms with Gasteiger partial charge in [-0.2, -0.15) is 5.26 Å². The quantitative estimate of drug-likeness (QED) is 0.892. The molecule has 0 spiro atoms. The molecule has 0 fully saturated rings. The van der Waals surface area contributed by atoms with Gasteiger partial charge in [-0.05, 0) is 30.0 Å². The maximum absolute atomic E-state index is 8.70. The molecule has 1 N–H and O–H groups in total. The monoisotopic (exact) mass is 243 g/mol. The van der Waals surface area contributed by atoms with Gasteiger partial charge in [0.25, 0.3) is 0 Å². The van der Waals surface area contributed by atoms with Crippen LogP contribution < -0.4 is 5.32 Å². The number of aromatic nitrogens is 1. The molecule has 2 aromatic rings. The Morgan fingerprint density at radius 2 is 2.35 bits per heavy atom. The first kappa shape index (κ1) is 11.6. The molecule has 0 saturated heterocycles. The third-order valence-corrected chi connectivity index (χ3v) is 3.50. The summed E-state index contributed by atoms with van der Waals surface area (Å²) in [6.45, 7) is 2.14. The average Bonchev–Trinajstić information content (AvgIpc) is 2.90. The predicted molar refractivity (Wildman–Crippen MR) is 69.9 cm³/mol. The molecule has 2 rings (SSSR count). The van der Waals surface area contributed by atoms with Gasteiger partial charge < -0.3 is 5.32 Å². The second-order valence-electron chi connectivity index (χ2n) is 3.66. The van der Waals surface area contributed by atoms with Crippen molar-refractivity contribution < 1.29 is 0 Å². The smallest absolute Gasteiger partial charge is 0.126 e. The Balaban J connectivity index is 2.11. The number of thiophene rings is 1. The Kier molecular flexibility index (Phi) is 3.73. The summed E-state index contributed by atoms with van der Waals surface area (Å²) in [7, 11) is 0. The molecule has 0 bridgehead atoms. The van der Waals surface area contributed by atoms with Crippen molar-refractivity contribution in [3.05, 3.63) is 46.3 Å². The van der Waals surface area contributed by atoms with E-state index in [4.69, 9.17) is 5.26 Å². The minimum absolute atomic E-state index is 0.287. The zero-order chi connectivity index (χ0) is 12.1. The number of pyridine rings is 1. The lowest BCUT2D eigenvalue weighted by Gasteiger charge is -2.15. The van der Waals surface area contributed by atoms with E-state index in [1.807, 2.05) is 6.07 Å². The van der Waals surface area contributed by atoms with Crippen LogP contribution in [-0.4, -0.2) is 4.98 Å². The van der Waals surface area contributed by atoms with Crippen molar-refractivity contribution in [1.82, 2.24) is 4.98 Å². The summed E-state index contributed by atoms with van der Waals surface area (Å²) < 4.78 is 0. The van der Waals surface area contributed by atoms with Crippen molar-refractivity contribution in [3.8, 4) is 6.07 Å². The molecule has 0 radical (unpaired) electrons.